The molecule has 1 aromatic carbocycles. The number of hydrogen-bond donors (Lipinski definition) is 2. The van der Waals surface area contributed by atoms with Gasteiger partial charge >= 0.3 is 0 Å². The largest absolute Gasteiger partial charge is 0.395 e. The van der Waals surface area contributed by atoms with Crippen LogP contribution in [0.25, 0.3) is 0 Å². The Bertz CT molecular complexity index is 508. The molecule has 1 amide bonds. The summed E-state index contributed by atoms with van der Waals surface area (Å²) in [6, 6.07) is 3.44. The average Bonchev–Trinajstić information content (AvgIpc) is 2.39. The van der Waals surface area contributed by atoms with Gasteiger partial charge in [0, 0.05) is 34.0 Å². The first-order valence-electron chi connectivity index (χ1n) is 5.78. The van der Waals surface area contributed by atoms with Crippen LogP contribution >= 0.6 is 23.4 Å². The predicted octanol–water partition coefficient (Wildman–Crippen LogP) is 2.09. The number of benzene rings is 1. The van der Waals surface area contributed by atoms with Crippen LogP contribution in [0.3, 0.4) is 0 Å². The lowest BCUT2D eigenvalue weighted by Gasteiger charge is -2.21. The maximum Gasteiger partial charge on any atom is 0.271 e. The number of carbonyl (C=O) groups excluding carboxylic acids is 1. The third-order valence-corrected chi connectivity index (χ3v) is 4.14. The van der Waals surface area contributed by atoms with E-state index < -0.39 is 10.8 Å². The monoisotopic (exact) mass is 318 g/mol. The van der Waals surface area contributed by atoms with Crippen LogP contribution in [-0.4, -0.2) is 40.1 Å². The molecular formula is C12H15ClN2O4S. The molecule has 20 heavy (non-hydrogen) atoms. The van der Waals surface area contributed by atoms with Crippen molar-refractivity contribution in [3.05, 3.63) is 38.9 Å². The molecule has 0 aliphatic heterocycles. The van der Waals surface area contributed by atoms with Gasteiger partial charge in [0.1, 0.15) is 0 Å². The van der Waals surface area contributed by atoms with E-state index in [1.807, 2.05) is 6.26 Å². The second-order valence-corrected chi connectivity index (χ2v) is 5.69. The molecule has 2 unspecified atom stereocenters. The summed E-state index contributed by atoms with van der Waals surface area (Å²) in [5.41, 5.74) is -0.118. The summed E-state index contributed by atoms with van der Waals surface area (Å²) in [6.45, 7) is 1.69. The highest BCUT2D eigenvalue weighted by Gasteiger charge is 2.20. The van der Waals surface area contributed by atoms with Gasteiger partial charge in [-0.05, 0) is 19.2 Å². The van der Waals surface area contributed by atoms with Crippen molar-refractivity contribution < 1.29 is 14.8 Å². The fraction of sp³-hybridized carbons (Fsp3) is 0.417. The quantitative estimate of drug-likeness (QED) is 0.619. The van der Waals surface area contributed by atoms with E-state index in [4.69, 9.17) is 16.7 Å². The lowest BCUT2D eigenvalue weighted by atomic mass is 10.1. The minimum atomic E-state index is -0.607. The van der Waals surface area contributed by atoms with Gasteiger partial charge in [-0.2, -0.15) is 11.8 Å². The highest BCUT2D eigenvalue weighted by atomic mass is 35.5. The van der Waals surface area contributed by atoms with Crippen molar-refractivity contribution in [3.63, 3.8) is 0 Å². The van der Waals surface area contributed by atoms with Crippen LogP contribution in [0.2, 0.25) is 5.02 Å². The molecule has 0 bridgehead atoms. The van der Waals surface area contributed by atoms with Crippen LogP contribution in [0, 0.1) is 10.1 Å². The number of aliphatic hydroxyl groups excluding tert-OH is 1. The van der Waals surface area contributed by atoms with Crippen molar-refractivity contribution in [2.24, 2.45) is 0 Å². The van der Waals surface area contributed by atoms with Gasteiger partial charge in [-0.3, -0.25) is 14.9 Å². The van der Waals surface area contributed by atoms with Crippen molar-refractivity contribution in [3.8, 4) is 0 Å². The molecule has 0 aliphatic rings. The van der Waals surface area contributed by atoms with Gasteiger partial charge in [-0.25, -0.2) is 0 Å². The van der Waals surface area contributed by atoms with Gasteiger partial charge in [0.15, 0.2) is 0 Å². The molecule has 0 saturated carbocycles. The minimum Gasteiger partial charge on any atom is -0.395 e. The topological polar surface area (TPSA) is 92.5 Å². The first-order valence-corrected chi connectivity index (χ1v) is 7.45. The number of non-ortho nitro benzene ring substituents is 1. The highest BCUT2D eigenvalue weighted by molar-refractivity contribution is 7.99. The molecule has 0 fully saturated rings. The molecule has 0 radical (unpaired) electrons. The molecule has 8 heteroatoms. The molecule has 0 heterocycles. The Morgan fingerprint density at radius 2 is 2.20 bits per heavy atom. The summed E-state index contributed by atoms with van der Waals surface area (Å²) in [4.78, 5) is 22.2. The number of aliphatic hydroxyl groups is 1. The second kappa shape index (κ2) is 7.47. The summed E-state index contributed by atoms with van der Waals surface area (Å²) in [7, 11) is 0. The van der Waals surface area contributed by atoms with Crippen LogP contribution in [0.1, 0.15) is 17.3 Å². The van der Waals surface area contributed by atoms with Crippen molar-refractivity contribution >= 4 is 35.0 Å². The normalized spacial score (nSPS) is 13.6. The number of amides is 1. The number of hydrogen-bond acceptors (Lipinski definition) is 5. The summed E-state index contributed by atoms with van der Waals surface area (Å²) in [5, 5.41) is 22.6. The first-order chi connectivity index (χ1) is 9.38. The van der Waals surface area contributed by atoms with Gasteiger partial charge in [0.2, 0.25) is 0 Å². The second-order valence-electron chi connectivity index (χ2n) is 4.17. The van der Waals surface area contributed by atoms with Gasteiger partial charge < -0.3 is 10.4 Å². The number of thioether (sulfide) groups is 1. The molecule has 110 valence electrons. The number of nitrogens with one attached hydrogen (secondary N) is 1. The van der Waals surface area contributed by atoms with E-state index in [0.717, 1.165) is 0 Å². The molecule has 1 rings (SSSR count). The van der Waals surface area contributed by atoms with Crippen LogP contribution < -0.4 is 5.32 Å². The number of halogens is 1. The molecular weight excluding hydrogens is 304 g/mol. The fourth-order valence-corrected chi connectivity index (χ4v) is 2.49. The minimum absolute atomic E-state index is 0.0711. The van der Waals surface area contributed by atoms with Crippen molar-refractivity contribution in [1.29, 1.82) is 0 Å². The molecule has 0 aliphatic carbocycles. The number of nitro benzene ring substituents is 1. The molecule has 0 saturated heterocycles. The third kappa shape index (κ3) is 4.36. The standard InChI is InChI=1S/C12H15ClN2O4S/c1-7(11(6-16)20-2)14-12(17)8-3-9(13)5-10(4-8)15(18)19/h3-5,7,11,16H,6H2,1-2H3,(H,14,17). The summed E-state index contributed by atoms with van der Waals surface area (Å²) < 4.78 is 0. The van der Waals surface area contributed by atoms with Crippen molar-refractivity contribution in [1.82, 2.24) is 5.32 Å². The molecule has 2 atom stereocenters. The summed E-state index contributed by atoms with van der Waals surface area (Å²) >= 11 is 7.19. The third-order valence-electron chi connectivity index (χ3n) is 2.75. The van der Waals surface area contributed by atoms with Crippen molar-refractivity contribution in [2.75, 3.05) is 12.9 Å². The molecule has 6 nitrogen and oxygen atoms in total. The van der Waals surface area contributed by atoms with Gasteiger partial charge in [-0.1, -0.05) is 11.6 Å². The van der Waals surface area contributed by atoms with Crippen LogP contribution in [-0.2, 0) is 0 Å². The number of nitrogens with zero attached hydrogens (tertiary/aromatic N) is 1. The Labute approximate surface area is 125 Å². The number of carbonyl (C=O) groups is 1. The van der Waals surface area contributed by atoms with Crippen LogP contribution in [0.5, 0.6) is 0 Å². The number of rotatable bonds is 6. The van der Waals surface area contributed by atoms with E-state index in [0.29, 0.717) is 0 Å². The van der Waals surface area contributed by atoms with E-state index in [1.54, 1.807) is 6.92 Å². The zero-order valence-electron chi connectivity index (χ0n) is 11.0. The zero-order chi connectivity index (χ0) is 15.3. The molecule has 0 spiro atoms. The smallest absolute Gasteiger partial charge is 0.271 e. The summed E-state index contributed by atoms with van der Waals surface area (Å²) in [5.74, 6) is -0.462. The predicted molar refractivity (Wildman–Crippen MR) is 79.4 cm³/mol. The Morgan fingerprint density at radius 1 is 1.55 bits per heavy atom. The maximum atomic E-state index is 12.0. The lowest BCUT2D eigenvalue weighted by molar-refractivity contribution is -0.384. The van der Waals surface area contributed by atoms with Crippen LogP contribution in [0.4, 0.5) is 5.69 Å². The molecule has 1 aromatic rings. The average molecular weight is 319 g/mol. The van der Waals surface area contributed by atoms with E-state index in [-0.39, 0.29) is 34.2 Å². The zero-order valence-corrected chi connectivity index (χ0v) is 12.6. The van der Waals surface area contributed by atoms with Gasteiger partial charge in [0.05, 0.1) is 11.5 Å². The SMILES string of the molecule is CSC(CO)C(C)NC(=O)c1cc(Cl)cc([N+](=O)[O-])c1. The van der Waals surface area contributed by atoms with E-state index in [1.165, 1.54) is 30.0 Å². The molecule has 0 aromatic heterocycles. The fourth-order valence-electron chi connectivity index (χ4n) is 1.63. The van der Waals surface area contributed by atoms with Gasteiger partial charge in [-0.15, -0.1) is 0 Å². The maximum absolute atomic E-state index is 12.0. The number of nitro groups is 1. The first kappa shape index (κ1) is 16.7. The summed E-state index contributed by atoms with van der Waals surface area (Å²) in [6.07, 6.45) is 1.83. The lowest BCUT2D eigenvalue weighted by Crippen LogP contribution is -2.41. The highest BCUT2D eigenvalue weighted by Crippen LogP contribution is 2.21. The van der Waals surface area contributed by atoms with Crippen LogP contribution in [0.15, 0.2) is 18.2 Å². The Balaban J connectivity index is 2.90. The van der Waals surface area contributed by atoms with E-state index in [2.05, 4.69) is 5.32 Å². The Kier molecular flexibility index (Phi) is 6.25. The van der Waals surface area contributed by atoms with E-state index in [9.17, 15) is 14.9 Å². The Hall–Kier alpha value is -1.31. The van der Waals surface area contributed by atoms with Crippen molar-refractivity contribution in [2.45, 2.75) is 18.2 Å². The van der Waals surface area contributed by atoms with Gasteiger partial charge in [0.25, 0.3) is 11.6 Å². The van der Waals surface area contributed by atoms with E-state index >= 15 is 0 Å². The molecule has 2 N–H and O–H groups in total. The Morgan fingerprint density at radius 3 is 2.70 bits per heavy atom.